The van der Waals surface area contributed by atoms with Gasteiger partial charge in [-0.25, -0.2) is 4.39 Å². The Bertz CT molecular complexity index is 420. The summed E-state index contributed by atoms with van der Waals surface area (Å²) in [6, 6.07) is 3.48. The maximum Gasteiger partial charge on any atom is 0.419 e. The van der Waals surface area contributed by atoms with Crippen LogP contribution in [0.15, 0.2) is 18.2 Å². The molecule has 0 bridgehead atoms. The molecule has 6 heteroatoms. The fourth-order valence-electron chi connectivity index (χ4n) is 1.26. The Morgan fingerprint density at radius 3 is 2.50 bits per heavy atom. The van der Waals surface area contributed by atoms with Crippen LogP contribution in [0.2, 0.25) is 0 Å². The average Bonchev–Trinajstić information content (AvgIpc) is 2.16. The molecule has 0 aliphatic heterocycles. The third-order valence-corrected chi connectivity index (χ3v) is 2.04. The van der Waals surface area contributed by atoms with Crippen LogP contribution in [0.25, 0.3) is 0 Å². The lowest BCUT2D eigenvalue weighted by Crippen LogP contribution is -2.15. The second-order valence-electron chi connectivity index (χ2n) is 3.18. The van der Waals surface area contributed by atoms with Crippen LogP contribution in [-0.4, -0.2) is 0 Å². The van der Waals surface area contributed by atoms with E-state index in [0.29, 0.717) is 6.07 Å². The molecule has 0 radical (unpaired) electrons. The minimum absolute atomic E-state index is 0.238. The summed E-state index contributed by atoms with van der Waals surface area (Å²) in [5.41, 5.74) is 3.73. The first-order valence-electron chi connectivity index (χ1n) is 4.36. The van der Waals surface area contributed by atoms with Gasteiger partial charge in [0.05, 0.1) is 18.1 Å². The van der Waals surface area contributed by atoms with Gasteiger partial charge in [-0.1, -0.05) is 12.1 Å². The zero-order valence-electron chi connectivity index (χ0n) is 8.05. The van der Waals surface area contributed by atoms with Crippen LogP contribution in [0.1, 0.15) is 23.6 Å². The highest BCUT2D eigenvalue weighted by Gasteiger charge is 2.35. The molecule has 0 fully saturated rings. The summed E-state index contributed by atoms with van der Waals surface area (Å²) in [5, 5.41) is 8.34. The Hall–Kier alpha value is -1.61. The molecule has 0 aliphatic rings. The summed E-state index contributed by atoms with van der Waals surface area (Å²) in [7, 11) is 0. The van der Waals surface area contributed by atoms with Gasteiger partial charge in [-0.05, 0) is 6.07 Å². The minimum Gasteiger partial charge on any atom is -0.323 e. The molecule has 1 aromatic rings. The maximum absolute atomic E-state index is 13.4. The lowest BCUT2D eigenvalue weighted by atomic mass is 10.0. The Labute approximate surface area is 89.3 Å². The summed E-state index contributed by atoms with van der Waals surface area (Å²) in [6.45, 7) is 0. The molecule has 0 aliphatic carbocycles. The fraction of sp³-hybridized carbons (Fsp3) is 0.300. The molecule has 1 atom stereocenters. The maximum atomic E-state index is 13.4. The van der Waals surface area contributed by atoms with E-state index >= 15 is 0 Å². The quantitative estimate of drug-likeness (QED) is 0.797. The number of hydrogen-bond donors (Lipinski definition) is 1. The van der Waals surface area contributed by atoms with Crippen molar-refractivity contribution < 1.29 is 17.6 Å². The molecule has 0 saturated carbocycles. The van der Waals surface area contributed by atoms with Crippen LogP contribution < -0.4 is 5.73 Å². The van der Waals surface area contributed by atoms with E-state index < -0.39 is 23.6 Å². The second kappa shape index (κ2) is 4.49. The molecule has 0 aromatic heterocycles. The lowest BCUT2D eigenvalue weighted by molar-refractivity contribution is -0.140. The smallest absolute Gasteiger partial charge is 0.323 e. The van der Waals surface area contributed by atoms with Crippen molar-refractivity contribution in [1.82, 2.24) is 0 Å². The van der Waals surface area contributed by atoms with Gasteiger partial charge in [-0.15, -0.1) is 0 Å². The zero-order chi connectivity index (χ0) is 12.3. The van der Waals surface area contributed by atoms with Gasteiger partial charge in [0.25, 0.3) is 0 Å². The van der Waals surface area contributed by atoms with Crippen LogP contribution in [0.3, 0.4) is 0 Å². The molecular formula is C10H8F4N2. The summed E-state index contributed by atoms with van der Waals surface area (Å²) in [5.74, 6) is -1.40. The van der Waals surface area contributed by atoms with E-state index in [1.54, 1.807) is 6.07 Å². The number of rotatable bonds is 2. The van der Waals surface area contributed by atoms with E-state index in [2.05, 4.69) is 0 Å². The van der Waals surface area contributed by atoms with Crippen LogP contribution in [0, 0.1) is 17.1 Å². The van der Waals surface area contributed by atoms with Crippen molar-refractivity contribution in [2.24, 2.45) is 5.73 Å². The van der Waals surface area contributed by atoms with Gasteiger partial charge in [0, 0.05) is 11.6 Å². The molecule has 0 spiro atoms. The monoisotopic (exact) mass is 232 g/mol. The van der Waals surface area contributed by atoms with E-state index in [9.17, 15) is 17.6 Å². The first kappa shape index (κ1) is 12.5. The van der Waals surface area contributed by atoms with Gasteiger partial charge in [0.1, 0.15) is 5.82 Å². The highest BCUT2D eigenvalue weighted by molar-refractivity contribution is 5.30. The number of hydrogen-bond acceptors (Lipinski definition) is 2. The van der Waals surface area contributed by atoms with Crippen molar-refractivity contribution in [3.63, 3.8) is 0 Å². The van der Waals surface area contributed by atoms with E-state index in [0.717, 1.165) is 12.1 Å². The van der Waals surface area contributed by atoms with E-state index in [1.165, 1.54) is 0 Å². The Morgan fingerprint density at radius 1 is 1.38 bits per heavy atom. The van der Waals surface area contributed by atoms with Crippen molar-refractivity contribution in [2.45, 2.75) is 18.6 Å². The standard InChI is InChI=1S/C10H8F4N2/c11-9-6(8(16)4-5-15)2-1-3-7(9)10(12,13)14/h1-3,8H,4,16H2/t8-/m0/s1. The second-order valence-corrected chi connectivity index (χ2v) is 3.18. The predicted octanol–water partition coefficient (Wildman–Crippen LogP) is 2.76. The van der Waals surface area contributed by atoms with Gasteiger partial charge in [-0.2, -0.15) is 18.4 Å². The molecule has 0 unspecified atom stereocenters. The van der Waals surface area contributed by atoms with Gasteiger partial charge in [0.2, 0.25) is 0 Å². The predicted molar refractivity (Wildman–Crippen MR) is 48.6 cm³/mol. The number of benzene rings is 1. The SMILES string of the molecule is N#CC[C@H](N)c1cccc(C(F)(F)F)c1F. The lowest BCUT2D eigenvalue weighted by Gasteiger charge is -2.14. The molecule has 1 aromatic carbocycles. The molecule has 2 nitrogen and oxygen atoms in total. The van der Waals surface area contributed by atoms with Gasteiger partial charge < -0.3 is 5.73 Å². The average molecular weight is 232 g/mol. The Kier molecular flexibility index (Phi) is 3.50. The van der Waals surface area contributed by atoms with Gasteiger partial charge >= 0.3 is 6.18 Å². The number of nitrogens with zero attached hydrogens (tertiary/aromatic N) is 1. The molecule has 0 heterocycles. The Morgan fingerprint density at radius 2 is 2.00 bits per heavy atom. The van der Waals surface area contributed by atoms with Crippen LogP contribution in [0.4, 0.5) is 17.6 Å². The third kappa shape index (κ3) is 2.49. The van der Waals surface area contributed by atoms with E-state index in [-0.39, 0.29) is 12.0 Å². The molecule has 86 valence electrons. The van der Waals surface area contributed by atoms with Gasteiger partial charge in [0.15, 0.2) is 0 Å². The molecule has 0 saturated heterocycles. The first-order valence-corrected chi connectivity index (χ1v) is 4.36. The van der Waals surface area contributed by atoms with Crippen molar-refractivity contribution in [3.05, 3.63) is 35.1 Å². The van der Waals surface area contributed by atoms with E-state index in [1.807, 2.05) is 0 Å². The van der Waals surface area contributed by atoms with Crippen molar-refractivity contribution in [1.29, 1.82) is 5.26 Å². The summed E-state index contributed by atoms with van der Waals surface area (Å²) in [6.07, 6.45) is -5.00. The van der Waals surface area contributed by atoms with Crippen molar-refractivity contribution in [2.75, 3.05) is 0 Å². The summed E-state index contributed by atoms with van der Waals surface area (Å²) >= 11 is 0. The molecular weight excluding hydrogens is 224 g/mol. The molecule has 0 amide bonds. The van der Waals surface area contributed by atoms with Crippen LogP contribution >= 0.6 is 0 Å². The highest BCUT2D eigenvalue weighted by Crippen LogP contribution is 2.33. The van der Waals surface area contributed by atoms with E-state index in [4.69, 9.17) is 11.0 Å². The number of nitrogens with two attached hydrogens (primary N) is 1. The van der Waals surface area contributed by atoms with Crippen LogP contribution in [-0.2, 0) is 6.18 Å². The first-order chi connectivity index (χ1) is 7.38. The van der Waals surface area contributed by atoms with Crippen molar-refractivity contribution >= 4 is 0 Å². The van der Waals surface area contributed by atoms with Crippen LogP contribution in [0.5, 0.6) is 0 Å². The minimum atomic E-state index is -4.76. The zero-order valence-corrected chi connectivity index (χ0v) is 8.05. The largest absolute Gasteiger partial charge is 0.419 e. The third-order valence-electron chi connectivity index (χ3n) is 2.04. The molecule has 1 rings (SSSR count). The normalized spacial score (nSPS) is 13.2. The van der Waals surface area contributed by atoms with Crippen molar-refractivity contribution in [3.8, 4) is 6.07 Å². The number of alkyl halides is 3. The topological polar surface area (TPSA) is 49.8 Å². The highest BCUT2D eigenvalue weighted by atomic mass is 19.4. The summed E-state index contributed by atoms with van der Waals surface area (Å²) < 4.78 is 50.4. The van der Waals surface area contributed by atoms with Gasteiger partial charge in [-0.3, -0.25) is 0 Å². The Balaban J connectivity index is 3.20. The number of nitriles is 1. The summed E-state index contributed by atoms with van der Waals surface area (Å²) in [4.78, 5) is 0. The molecule has 2 N–H and O–H groups in total. The molecule has 16 heavy (non-hydrogen) atoms. The fourth-order valence-corrected chi connectivity index (χ4v) is 1.26. The number of halogens is 4.